The second-order valence-corrected chi connectivity index (χ2v) is 11.0. The van der Waals surface area contributed by atoms with Gasteiger partial charge >= 0.3 is 5.97 Å². The monoisotopic (exact) mass is 554 g/mol. The number of hydrogen-bond acceptors (Lipinski definition) is 7. The summed E-state index contributed by atoms with van der Waals surface area (Å²) in [4.78, 5) is 48.0. The Bertz CT molecular complexity index is 1340. The number of halogens is 1. The van der Waals surface area contributed by atoms with Crippen molar-refractivity contribution in [3.05, 3.63) is 74.2 Å². The molecule has 0 atom stereocenters. The standard InChI is InChI=1S/C28H31ClN4O4S/c1-17(2)33-14-13-22-24(16-33)38-26(31-22)27(35)32(3)23-15-19(28(36)37-4)6-5-18(23)7-12-25(34)30-21-10-8-20(29)9-11-21/h5-6,8-11,15,17H,7,12-14,16H2,1-4H3,(H,30,34). The number of aryl methyl sites for hydroxylation is 1. The van der Waals surface area contributed by atoms with E-state index in [1.807, 2.05) is 0 Å². The molecule has 0 radical (unpaired) electrons. The third-order valence-electron chi connectivity index (χ3n) is 6.60. The largest absolute Gasteiger partial charge is 0.465 e. The van der Waals surface area contributed by atoms with Gasteiger partial charge in [0.1, 0.15) is 0 Å². The number of methoxy groups -OCH3 is 1. The number of anilines is 2. The van der Waals surface area contributed by atoms with Gasteiger partial charge < -0.3 is 15.0 Å². The first-order chi connectivity index (χ1) is 18.2. The van der Waals surface area contributed by atoms with Gasteiger partial charge in [-0.15, -0.1) is 11.3 Å². The Labute approximate surface area is 231 Å². The summed E-state index contributed by atoms with van der Waals surface area (Å²) < 4.78 is 4.88. The summed E-state index contributed by atoms with van der Waals surface area (Å²) in [5.74, 6) is -0.932. The van der Waals surface area contributed by atoms with Crippen LogP contribution in [0.3, 0.4) is 0 Å². The average molecular weight is 555 g/mol. The van der Waals surface area contributed by atoms with Gasteiger partial charge in [-0.05, 0) is 62.2 Å². The van der Waals surface area contributed by atoms with Crippen LogP contribution in [0.1, 0.15) is 56.6 Å². The molecule has 10 heteroatoms. The summed E-state index contributed by atoms with van der Waals surface area (Å²) in [5.41, 5.74) is 3.24. The highest BCUT2D eigenvalue weighted by atomic mass is 35.5. The minimum Gasteiger partial charge on any atom is -0.465 e. The zero-order valence-electron chi connectivity index (χ0n) is 21.9. The Morgan fingerprint density at radius 3 is 2.61 bits per heavy atom. The van der Waals surface area contributed by atoms with Crippen LogP contribution in [0, 0.1) is 0 Å². The minimum atomic E-state index is -0.502. The van der Waals surface area contributed by atoms with Gasteiger partial charge in [-0.1, -0.05) is 17.7 Å². The van der Waals surface area contributed by atoms with E-state index in [4.69, 9.17) is 16.3 Å². The zero-order valence-corrected chi connectivity index (χ0v) is 23.5. The molecule has 0 bridgehead atoms. The molecule has 2 amide bonds. The van der Waals surface area contributed by atoms with Crippen LogP contribution in [0.2, 0.25) is 5.02 Å². The van der Waals surface area contributed by atoms with Crippen LogP contribution in [-0.4, -0.2) is 54.4 Å². The maximum absolute atomic E-state index is 13.5. The molecule has 1 aromatic heterocycles. The molecule has 38 heavy (non-hydrogen) atoms. The number of esters is 1. The van der Waals surface area contributed by atoms with Crippen molar-refractivity contribution >= 4 is 52.1 Å². The molecule has 2 heterocycles. The molecule has 0 aliphatic carbocycles. The molecule has 2 aromatic carbocycles. The number of nitrogens with one attached hydrogen (secondary N) is 1. The van der Waals surface area contributed by atoms with Crippen LogP contribution in [0.25, 0.3) is 0 Å². The second-order valence-electron chi connectivity index (χ2n) is 9.46. The molecule has 0 saturated carbocycles. The number of carbonyl (C=O) groups excluding carboxylic acids is 3. The predicted molar refractivity (Wildman–Crippen MR) is 150 cm³/mol. The number of rotatable bonds is 8. The van der Waals surface area contributed by atoms with Crippen molar-refractivity contribution in [3.63, 3.8) is 0 Å². The second kappa shape index (κ2) is 12.1. The lowest BCUT2D eigenvalue weighted by Crippen LogP contribution is -2.35. The zero-order chi connectivity index (χ0) is 27.4. The average Bonchev–Trinajstić information content (AvgIpc) is 3.35. The van der Waals surface area contributed by atoms with E-state index in [2.05, 4.69) is 29.0 Å². The molecule has 200 valence electrons. The van der Waals surface area contributed by atoms with E-state index in [-0.39, 0.29) is 18.2 Å². The first kappa shape index (κ1) is 27.8. The number of benzene rings is 2. The molecule has 0 saturated heterocycles. The summed E-state index contributed by atoms with van der Waals surface area (Å²) in [5, 5.41) is 3.85. The number of nitrogens with zero attached hydrogens (tertiary/aromatic N) is 3. The molecule has 8 nitrogen and oxygen atoms in total. The molecule has 3 aromatic rings. The fourth-order valence-electron chi connectivity index (χ4n) is 4.34. The summed E-state index contributed by atoms with van der Waals surface area (Å²) in [6, 6.07) is 12.3. The van der Waals surface area contributed by atoms with Crippen LogP contribution < -0.4 is 10.2 Å². The van der Waals surface area contributed by atoms with Gasteiger partial charge in [0.2, 0.25) is 5.91 Å². The first-order valence-electron chi connectivity index (χ1n) is 12.4. The molecule has 0 spiro atoms. The van der Waals surface area contributed by atoms with Crippen LogP contribution in [-0.2, 0) is 28.9 Å². The van der Waals surface area contributed by atoms with Gasteiger partial charge in [0.15, 0.2) is 5.01 Å². The maximum atomic E-state index is 13.5. The van der Waals surface area contributed by atoms with Crippen molar-refractivity contribution in [1.82, 2.24) is 9.88 Å². The number of thiazole rings is 1. The van der Waals surface area contributed by atoms with Gasteiger partial charge in [0, 0.05) is 60.3 Å². The van der Waals surface area contributed by atoms with Gasteiger partial charge in [-0.25, -0.2) is 9.78 Å². The number of hydrogen-bond donors (Lipinski definition) is 1. The number of carbonyl (C=O) groups is 3. The minimum absolute atomic E-state index is 0.174. The van der Waals surface area contributed by atoms with Crippen molar-refractivity contribution in [2.24, 2.45) is 0 Å². The summed E-state index contributed by atoms with van der Waals surface area (Å²) in [6.45, 7) is 6.03. The van der Waals surface area contributed by atoms with E-state index in [0.29, 0.717) is 39.4 Å². The SMILES string of the molecule is COC(=O)c1ccc(CCC(=O)Nc2ccc(Cl)cc2)c(N(C)C(=O)c2nc3c(s2)CN(C(C)C)CC3)c1. The van der Waals surface area contributed by atoms with Gasteiger partial charge in [0.25, 0.3) is 5.91 Å². The lowest BCUT2D eigenvalue weighted by atomic mass is 10.0. The highest BCUT2D eigenvalue weighted by molar-refractivity contribution is 7.13. The predicted octanol–water partition coefficient (Wildman–Crippen LogP) is 5.20. The number of amides is 2. The Balaban J connectivity index is 1.54. The fourth-order valence-corrected chi connectivity index (χ4v) is 5.57. The maximum Gasteiger partial charge on any atom is 0.337 e. The lowest BCUT2D eigenvalue weighted by molar-refractivity contribution is -0.116. The van der Waals surface area contributed by atoms with Crippen molar-refractivity contribution in [1.29, 1.82) is 0 Å². The van der Waals surface area contributed by atoms with Crippen LogP contribution in [0.15, 0.2) is 42.5 Å². The van der Waals surface area contributed by atoms with E-state index in [1.165, 1.54) is 23.3 Å². The van der Waals surface area contributed by atoms with Gasteiger partial charge in [-0.3, -0.25) is 14.5 Å². The highest BCUT2D eigenvalue weighted by Gasteiger charge is 2.27. The van der Waals surface area contributed by atoms with Crippen LogP contribution in [0.5, 0.6) is 0 Å². The lowest BCUT2D eigenvalue weighted by Gasteiger charge is -2.29. The Morgan fingerprint density at radius 2 is 1.92 bits per heavy atom. The smallest absolute Gasteiger partial charge is 0.337 e. The van der Waals surface area contributed by atoms with Crippen molar-refractivity contribution in [2.75, 3.05) is 30.9 Å². The number of fused-ring (bicyclic) bond motifs is 1. The Hall–Kier alpha value is -3.27. The van der Waals surface area contributed by atoms with Crippen LogP contribution in [0.4, 0.5) is 11.4 Å². The quantitative estimate of drug-likeness (QED) is 0.385. The molecule has 1 N–H and O–H groups in total. The molecule has 1 aliphatic heterocycles. The topological polar surface area (TPSA) is 91.8 Å². The fraction of sp³-hybridized carbons (Fsp3) is 0.357. The normalized spacial score (nSPS) is 13.2. The van der Waals surface area contributed by atoms with Crippen molar-refractivity contribution in [3.8, 4) is 0 Å². The molecule has 0 fully saturated rings. The van der Waals surface area contributed by atoms with Crippen molar-refractivity contribution < 1.29 is 19.1 Å². The molecular formula is C28H31ClN4O4S. The summed E-state index contributed by atoms with van der Waals surface area (Å²) in [6.07, 6.45) is 1.37. The number of aromatic nitrogens is 1. The van der Waals surface area contributed by atoms with Gasteiger partial charge in [0.05, 0.1) is 18.4 Å². The van der Waals surface area contributed by atoms with Gasteiger partial charge in [-0.2, -0.15) is 0 Å². The van der Waals surface area contributed by atoms with Crippen molar-refractivity contribution in [2.45, 2.75) is 45.7 Å². The molecule has 1 aliphatic rings. The first-order valence-corrected chi connectivity index (χ1v) is 13.6. The van der Waals surface area contributed by atoms with E-state index in [0.717, 1.165) is 35.6 Å². The molecular weight excluding hydrogens is 524 g/mol. The van der Waals surface area contributed by atoms with E-state index in [9.17, 15) is 14.4 Å². The molecule has 4 rings (SSSR count). The Morgan fingerprint density at radius 1 is 1.18 bits per heavy atom. The summed E-state index contributed by atoms with van der Waals surface area (Å²) >= 11 is 7.34. The van der Waals surface area contributed by atoms with E-state index < -0.39 is 5.97 Å². The van der Waals surface area contributed by atoms with E-state index >= 15 is 0 Å². The molecule has 0 unspecified atom stereocenters. The van der Waals surface area contributed by atoms with Crippen LogP contribution >= 0.6 is 22.9 Å². The number of ether oxygens (including phenoxy) is 1. The third-order valence-corrected chi connectivity index (χ3v) is 7.92. The summed E-state index contributed by atoms with van der Waals surface area (Å²) in [7, 11) is 2.98. The highest BCUT2D eigenvalue weighted by Crippen LogP contribution is 2.30. The van der Waals surface area contributed by atoms with E-state index in [1.54, 1.807) is 49.5 Å². The third kappa shape index (κ3) is 6.40. The Kier molecular flexibility index (Phi) is 8.81.